The third-order valence-electron chi connectivity index (χ3n) is 1.81. The summed E-state index contributed by atoms with van der Waals surface area (Å²) in [6, 6.07) is 0. The highest BCUT2D eigenvalue weighted by atomic mass is 35.9. The summed E-state index contributed by atoms with van der Waals surface area (Å²) in [7, 11) is 0. The van der Waals surface area contributed by atoms with E-state index in [-0.39, 0.29) is 0 Å². The van der Waals surface area contributed by atoms with E-state index in [0.29, 0.717) is 0 Å². The van der Waals surface area contributed by atoms with Gasteiger partial charge in [0.1, 0.15) is 0 Å². The van der Waals surface area contributed by atoms with E-state index in [1.165, 1.54) is 0 Å². The average molecular weight is 447 g/mol. The van der Waals surface area contributed by atoms with Crippen LogP contribution in [-0.4, -0.2) is 36.2 Å². The molecule has 0 aromatic heterocycles. The van der Waals surface area contributed by atoms with Crippen molar-refractivity contribution in [3.63, 3.8) is 0 Å². The molecule has 0 radical (unpaired) electrons. The molecule has 144 valence electrons. The van der Waals surface area contributed by atoms with Crippen LogP contribution in [0.4, 0.5) is 48.3 Å². The van der Waals surface area contributed by atoms with Gasteiger partial charge in [0.15, 0.2) is 0 Å². The van der Waals surface area contributed by atoms with Gasteiger partial charge >= 0.3 is 42.3 Å². The van der Waals surface area contributed by atoms with Gasteiger partial charge in [0.05, 0.1) is 0 Å². The maximum Gasteiger partial charge on any atom is 0.462 e. The van der Waals surface area contributed by atoms with Crippen LogP contribution < -0.4 is 0 Å². The van der Waals surface area contributed by atoms with Crippen LogP contribution in [0.2, 0.25) is 0 Å². The molecule has 0 N–H and O–H groups in total. The van der Waals surface area contributed by atoms with Gasteiger partial charge in [-0.2, -0.15) is 48.3 Å². The number of hydrogen-bond donors (Lipinski definition) is 0. The van der Waals surface area contributed by atoms with Gasteiger partial charge in [-0.05, 0) is 0 Å². The van der Waals surface area contributed by atoms with Crippen LogP contribution in [0.1, 0.15) is 0 Å². The minimum absolute atomic E-state index is 1.78. The Morgan fingerprint density at radius 1 is 0.792 bits per heavy atom. The monoisotopic (exact) mass is 446 g/mol. The second kappa shape index (κ2) is 6.32. The van der Waals surface area contributed by atoms with Crippen molar-refractivity contribution in [2.45, 2.75) is 30.2 Å². The molecule has 0 aromatic carbocycles. The summed E-state index contributed by atoms with van der Waals surface area (Å²) in [6.45, 7) is 0. The lowest BCUT2D eigenvalue weighted by molar-refractivity contribution is -0.474. The third kappa shape index (κ3) is 4.76. The SMILES string of the molecule is O=C(OP(=O)(Cl)Cl)C(F)(OC(F)(F)C(F)(F)C(F)(F)F)C(F)(F)F. The molecule has 18 heteroatoms. The molecule has 0 rings (SSSR count). The molecule has 0 saturated carbocycles. The van der Waals surface area contributed by atoms with E-state index in [9.17, 15) is 57.7 Å². The summed E-state index contributed by atoms with van der Waals surface area (Å²) >= 11 is 8.78. The fraction of sp³-hybridized carbons (Fsp3) is 0.833. The van der Waals surface area contributed by atoms with E-state index < -0.39 is 42.3 Å². The molecular weight excluding hydrogens is 447 g/mol. The summed E-state index contributed by atoms with van der Waals surface area (Å²) in [5, 5.41) is 0. The summed E-state index contributed by atoms with van der Waals surface area (Å²) in [5.74, 6) is -17.8. The van der Waals surface area contributed by atoms with Gasteiger partial charge in [-0.25, -0.2) is 9.36 Å². The van der Waals surface area contributed by atoms with E-state index >= 15 is 0 Å². The van der Waals surface area contributed by atoms with Crippen LogP contribution in [0.25, 0.3) is 0 Å². The highest BCUT2D eigenvalue weighted by Gasteiger charge is 2.80. The third-order valence-corrected chi connectivity index (χ3v) is 2.60. The quantitative estimate of drug-likeness (QED) is 0.433. The van der Waals surface area contributed by atoms with Gasteiger partial charge < -0.3 is 4.52 Å². The first-order valence-electron chi connectivity index (χ1n) is 4.60. The Morgan fingerprint density at radius 2 is 1.17 bits per heavy atom. The Bertz CT molecular complexity index is 540. The Morgan fingerprint density at radius 3 is 1.42 bits per heavy atom. The topological polar surface area (TPSA) is 52.6 Å². The van der Waals surface area contributed by atoms with E-state index in [4.69, 9.17) is 0 Å². The minimum Gasteiger partial charge on any atom is -0.385 e. The Hall–Kier alpha value is -0.530. The number of rotatable bonds is 5. The van der Waals surface area contributed by atoms with Crippen LogP contribution in [0, 0.1) is 0 Å². The average Bonchev–Trinajstić information content (AvgIpc) is 2.22. The zero-order valence-electron chi connectivity index (χ0n) is 9.99. The minimum atomic E-state index is -7.37. The van der Waals surface area contributed by atoms with Crippen molar-refractivity contribution >= 4 is 34.5 Å². The van der Waals surface area contributed by atoms with Gasteiger partial charge in [0, 0.05) is 22.5 Å². The lowest BCUT2D eigenvalue weighted by Gasteiger charge is -2.33. The first-order valence-corrected chi connectivity index (χ1v) is 8.03. The van der Waals surface area contributed by atoms with Crippen LogP contribution >= 0.6 is 28.6 Å². The normalized spacial score (nSPS) is 17.4. The molecule has 0 saturated heterocycles. The molecule has 0 spiro atoms. The molecule has 0 aliphatic carbocycles. The van der Waals surface area contributed by atoms with Crippen molar-refractivity contribution in [3.8, 4) is 0 Å². The lowest BCUT2D eigenvalue weighted by atomic mass is 10.2. The summed E-state index contributed by atoms with van der Waals surface area (Å²) in [4.78, 5) is 10.7. The summed E-state index contributed by atoms with van der Waals surface area (Å²) in [6.07, 6.45) is -26.9. The van der Waals surface area contributed by atoms with Gasteiger partial charge in [0.25, 0.3) is 0 Å². The summed E-state index contributed by atoms with van der Waals surface area (Å²) in [5.41, 5.74) is 0. The molecule has 4 nitrogen and oxygen atoms in total. The Labute approximate surface area is 132 Å². The maximum atomic E-state index is 13.4. The van der Waals surface area contributed by atoms with E-state index in [2.05, 4.69) is 27.0 Å². The molecule has 1 unspecified atom stereocenters. The number of carbonyl (C=O) groups is 1. The number of alkyl halides is 11. The number of ether oxygens (including phenoxy) is 1. The smallest absolute Gasteiger partial charge is 0.385 e. The summed E-state index contributed by atoms with van der Waals surface area (Å²) < 4.78 is 151. The van der Waals surface area contributed by atoms with Crippen molar-refractivity contribution in [1.29, 1.82) is 0 Å². The molecule has 0 fully saturated rings. The van der Waals surface area contributed by atoms with Gasteiger partial charge in [-0.1, -0.05) is 0 Å². The molecule has 0 aliphatic rings. The number of halogens is 13. The Kier molecular flexibility index (Phi) is 6.18. The molecular formula is C6Cl2F11O4P. The van der Waals surface area contributed by atoms with Crippen molar-refractivity contribution in [3.05, 3.63) is 0 Å². The van der Waals surface area contributed by atoms with E-state index in [1.54, 1.807) is 4.74 Å². The van der Waals surface area contributed by atoms with Crippen molar-refractivity contribution in [2.24, 2.45) is 0 Å². The van der Waals surface area contributed by atoms with E-state index in [1.807, 2.05) is 0 Å². The standard InChI is InChI=1S/C6Cl2F11O4P/c7-24(8,21)22-1(20)2(9,4(12,13)14)23-6(18,19)3(10,11)5(15,16)17. The molecule has 0 heterocycles. The molecule has 0 bridgehead atoms. The van der Waals surface area contributed by atoms with Crippen LogP contribution in [0.5, 0.6) is 0 Å². The molecule has 0 amide bonds. The van der Waals surface area contributed by atoms with Gasteiger partial charge in [-0.15, -0.1) is 0 Å². The second-order valence-electron chi connectivity index (χ2n) is 3.58. The van der Waals surface area contributed by atoms with Gasteiger partial charge in [-0.3, -0.25) is 4.74 Å². The highest BCUT2D eigenvalue weighted by Crippen LogP contribution is 2.59. The molecule has 1 atom stereocenters. The largest absolute Gasteiger partial charge is 0.462 e. The lowest BCUT2D eigenvalue weighted by Crippen LogP contribution is -2.61. The first-order chi connectivity index (χ1) is 10.1. The van der Waals surface area contributed by atoms with E-state index in [0.717, 1.165) is 0 Å². The fourth-order valence-electron chi connectivity index (χ4n) is 0.776. The predicted octanol–water partition coefficient (Wildman–Crippen LogP) is 5.15. The number of hydrogen-bond acceptors (Lipinski definition) is 4. The zero-order valence-corrected chi connectivity index (χ0v) is 12.4. The Balaban J connectivity index is 6.01. The second-order valence-corrected chi connectivity index (χ2v) is 7.78. The number of carbonyl (C=O) groups excluding carboxylic acids is 1. The highest BCUT2D eigenvalue weighted by molar-refractivity contribution is 8.05. The maximum absolute atomic E-state index is 13.4. The molecule has 24 heavy (non-hydrogen) atoms. The molecule has 0 aliphatic heterocycles. The zero-order chi connectivity index (χ0) is 20.0. The van der Waals surface area contributed by atoms with Crippen molar-refractivity contribution in [2.75, 3.05) is 0 Å². The van der Waals surface area contributed by atoms with Gasteiger partial charge in [0.2, 0.25) is 0 Å². The van der Waals surface area contributed by atoms with Crippen LogP contribution in [0.3, 0.4) is 0 Å². The first kappa shape index (κ1) is 23.5. The van der Waals surface area contributed by atoms with Crippen molar-refractivity contribution < 1.29 is 66.9 Å². The fourth-order valence-corrected chi connectivity index (χ4v) is 1.46. The predicted molar refractivity (Wildman–Crippen MR) is 52.3 cm³/mol. The molecule has 0 aromatic rings. The van der Waals surface area contributed by atoms with Crippen molar-refractivity contribution in [1.82, 2.24) is 0 Å². The van der Waals surface area contributed by atoms with Crippen LogP contribution in [-0.2, 0) is 18.6 Å². The van der Waals surface area contributed by atoms with Crippen LogP contribution in [0.15, 0.2) is 0 Å².